The maximum atomic E-state index is 15.1. The molecule has 0 heterocycles. The van der Waals surface area contributed by atoms with E-state index in [2.05, 4.69) is 9.47 Å². The largest absolute Gasteiger partial charge is 0.434 e. The Kier molecular flexibility index (Phi) is 8.30. The molecule has 0 rings (SSSR count). The van der Waals surface area contributed by atoms with Crippen molar-refractivity contribution in [3.05, 3.63) is 0 Å². The van der Waals surface area contributed by atoms with Gasteiger partial charge in [-0.25, -0.2) is 13.2 Å². The molecule has 33 heavy (non-hydrogen) atoms. The fraction of sp³-hybridized carbons (Fsp3) is 1.00. The van der Waals surface area contributed by atoms with Crippen molar-refractivity contribution in [1.29, 1.82) is 0 Å². The Bertz CT molecular complexity index is 685. The van der Waals surface area contributed by atoms with Gasteiger partial charge < -0.3 is 14.6 Å². The van der Waals surface area contributed by atoms with Gasteiger partial charge in [0.2, 0.25) is 0 Å². The molecule has 0 saturated carbocycles. The van der Waals surface area contributed by atoms with Gasteiger partial charge in [-0.3, -0.25) is 0 Å². The van der Waals surface area contributed by atoms with Gasteiger partial charge in [0.25, 0.3) is 5.67 Å². The molecule has 3 unspecified atom stereocenters. The van der Waals surface area contributed by atoms with Gasteiger partial charge in [0.15, 0.2) is 5.67 Å². The first-order valence-corrected chi connectivity index (χ1v) is 9.00. The first-order chi connectivity index (χ1) is 14.0. The van der Waals surface area contributed by atoms with Crippen LogP contribution in [0.4, 0.5) is 57.1 Å². The Morgan fingerprint density at radius 1 is 0.576 bits per heavy atom. The molecule has 0 aromatic rings. The summed E-state index contributed by atoms with van der Waals surface area (Å²) in [5.41, 5.74) is -23.9. The van der Waals surface area contributed by atoms with Crippen LogP contribution in [0.5, 0.6) is 0 Å². The van der Waals surface area contributed by atoms with Gasteiger partial charge in [0.05, 0.1) is 6.61 Å². The molecule has 0 fully saturated rings. The Hall–Kier alpha value is -1.03. The van der Waals surface area contributed by atoms with Gasteiger partial charge >= 0.3 is 30.2 Å². The van der Waals surface area contributed by atoms with Gasteiger partial charge in [0.1, 0.15) is 11.2 Å². The van der Waals surface area contributed by atoms with Crippen LogP contribution in [0.2, 0.25) is 0 Å². The molecule has 1 N–H and O–H groups in total. The third-order valence-electron chi connectivity index (χ3n) is 5.28. The third kappa shape index (κ3) is 5.16. The monoisotopic (exact) mass is 522 g/mol. The summed E-state index contributed by atoms with van der Waals surface area (Å²) < 4.78 is 187. The minimum Gasteiger partial charge on any atom is -0.393 e. The summed E-state index contributed by atoms with van der Waals surface area (Å²) in [4.78, 5) is 0. The van der Waals surface area contributed by atoms with E-state index in [1.165, 1.54) is 0 Å². The number of rotatable bonds is 10. The lowest BCUT2D eigenvalue weighted by molar-refractivity contribution is -0.470. The van der Waals surface area contributed by atoms with Crippen molar-refractivity contribution >= 4 is 0 Å². The van der Waals surface area contributed by atoms with E-state index in [9.17, 15) is 52.7 Å². The molecule has 0 spiro atoms. The predicted molar refractivity (Wildman–Crippen MR) is 86.9 cm³/mol. The van der Waals surface area contributed by atoms with E-state index >= 15 is 4.39 Å². The molecule has 3 atom stereocenters. The van der Waals surface area contributed by atoms with E-state index in [1.807, 2.05) is 0 Å². The first-order valence-electron chi connectivity index (χ1n) is 9.00. The van der Waals surface area contributed by atoms with Crippen molar-refractivity contribution in [2.24, 2.45) is 0 Å². The number of halogens is 13. The molecule has 3 nitrogen and oxygen atoms in total. The molecule has 0 aliphatic rings. The summed E-state index contributed by atoms with van der Waals surface area (Å²) in [6.07, 6.45) is -26.1. The van der Waals surface area contributed by atoms with Crippen molar-refractivity contribution < 1.29 is 71.7 Å². The van der Waals surface area contributed by atoms with Gasteiger partial charge in [0, 0.05) is 0 Å². The zero-order valence-electron chi connectivity index (χ0n) is 18.1. The van der Waals surface area contributed by atoms with Crippen LogP contribution in [0.15, 0.2) is 0 Å². The highest BCUT2D eigenvalue weighted by Crippen LogP contribution is 2.58. The minimum absolute atomic E-state index is 0.108. The molecule has 0 aliphatic heterocycles. The average Bonchev–Trinajstić information content (AvgIpc) is 2.55. The molecule has 200 valence electrons. The van der Waals surface area contributed by atoms with Crippen LogP contribution < -0.4 is 0 Å². The number of aliphatic hydroxyl groups is 1. The summed E-state index contributed by atoms with van der Waals surface area (Å²) in [5.74, 6) is 0. The van der Waals surface area contributed by atoms with E-state index in [0.29, 0.717) is 0 Å². The van der Waals surface area contributed by atoms with Crippen molar-refractivity contribution in [3.8, 4) is 0 Å². The highest BCUT2D eigenvalue weighted by molar-refractivity contribution is 5.11. The summed E-state index contributed by atoms with van der Waals surface area (Å²) >= 11 is 0. The molecule has 16 heteroatoms. The van der Waals surface area contributed by atoms with Crippen molar-refractivity contribution in [3.63, 3.8) is 0 Å². The number of alkyl halides is 13. The molecule has 0 aromatic heterocycles. The average molecular weight is 522 g/mol. The summed E-state index contributed by atoms with van der Waals surface area (Å²) in [6, 6.07) is 0. The lowest BCUT2D eigenvalue weighted by Crippen LogP contribution is -2.73. The maximum absolute atomic E-state index is 15.1. The highest BCUT2D eigenvalue weighted by Gasteiger charge is 2.83. The first kappa shape index (κ1) is 32.0. The summed E-state index contributed by atoms with van der Waals surface area (Å²) in [5, 5.41) is 8.74. The molecule has 0 bridgehead atoms. The smallest absolute Gasteiger partial charge is 0.393 e. The fourth-order valence-corrected chi connectivity index (χ4v) is 2.65. The van der Waals surface area contributed by atoms with Crippen LogP contribution in [0, 0.1) is 0 Å². The van der Waals surface area contributed by atoms with E-state index in [0.717, 1.165) is 6.92 Å². The molecule has 0 aliphatic carbocycles. The van der Waals surface area contributed by atoms with Gasteiger partial charge in [-0.1, -0.05) is 6.92 Å². The second kappa shape index (κ2) is 8.57. The van der Waals surface area contributed by atoms with E-state index in [4.69, 9.17) is 5.11 Å². The second-order valence-corrected chi connectivity index (χ2v) is 8.42. The van der Waals surface area contributed by atoms with Crippen LogP contribution in [-0.2, 0) is 9.47 Å². The summed E-state index contributed by atoms with van der Waals surface area (Å²) in [6.45, 7) is -2.73. The molecular weight excluding hydrogens is 499 g/mol. The Labute approximate surface area is 180 Å². The van der Waals surface area contributed by atoms with Gasteiger partial charge in [-0.2, -0.15) is 43.9 Å². The molecule has 0 aromatic carbocycles. The second-order valence-electron chi connectivity index (χ2n) is 8.42. The summed E-state index contributed by atoms with van der Waals surface area (Å²) in [7, 11) is 0. The highest BCUT2D eigenvalue weighted by atomic mass is 19.4. The molecular formula is C17H23F13O3. The maximum Gasteiger partial charge on any atom is 0.434 e. The number of hydrogen-bond acceptors (Lipinski definition) is 3. The van der Waals surface area contributed by atoms with Crippen LogP contribution >= 0.6 is 0 Å². The lowest BCUT2D eigenvalue weighted by Gasteiger charge is -2.49. The zero-order valence-corrected chi connectivity index (χ0v) is 18.1. The topological polar surface area (TPSA) is 38.7 Å². The SMILES string of the molecule is CCC(C)(F)C(F)(F)OC(C)(C)C(F)(C(F)(F)F)C(F)(F)OC(C)(C)C(F)(CO)C(F)(F)F. The third-order valence-corrected chi connectivity index (χ3v) is 5.28. The van der Waals surface area contributed by atoms with Crippen molar-refractivity contribution in [1.82, 2.24) is 0 Å². The van der Waals surface area contributed by atoms with Crippen LogP contribution in [0.1, 0.15) is 48.0 Å². The Morgan fingerprint density at radius 3 is 1.21 bits per heavy atom. The van der Waals surface area contributed by atoms with Crippen molar-refractivity contribution in [2.45, 2.75) is 101 Å². The standard InChI is InChI=1S/C17H23F13O3/c1-7-11(6,18)16(27,28)33-10(4,5)13(20,15(24,25)26)17(29,30)32-9(2,3)12(19,8-31)14(21,22)23/h31H,7-8H2,1-6H3. The zero-order chi connectivity index (χ0) is 27.3. The van der Waals surface area contributed by atoms with E-state index in [1.54, 1.807) is 0 Å². The normalized spacial score (nSPS) is 20.7. The fourth-order valence-electron chi connectivity index (χ4n) is 2.65. The van der Waals surface area contributed by atoms with E-state index in [-0.39, 0.29) is 34.6 Å². The van der Waals surface area contributed by atoms with Crippen LogP contribution in [0.3, 0.4) is 0 Å². The Morgan fingerprint density at radius 2 is 0.939 bits per heavy atom. The van der Waals surface area contributed by atoms with Crippen molar-refractivity contribution in [2.75, 3.05) is 6.61 Å². The Balaban J connectivity index is 6.77. The molecule has 0 saturated heterocycles. The quantitative estimate of drug-likeness (QED) is 0.336. The van der Waals surface area contributed by atoms with Crippen LogP contribution in [0.25, 0.3) is 0 Å². The predicted octanol–water partition coefficient (Wildman–Crippen LogP) is 6.43. The molecule has 0 amide bonds. The van der Waals surface area contributed by atoms with Crippen LogP contribution in [-0.4, -0.2) is 64.5 Å². The van der Waals surface area contributed by atoms with Gasteiger partial charge in [-0.05, 0) is 41.0 Å². The number of aliphatic hydroxyl groups excluding tert-OH is 1. The van der Waals surface area contributed by atoms with E-state index < -0.39 is 65.8 Å². The number of hydrogen-bond donors (Lipinski definition) is 1. The lowest BCUT2D eigenvalue weighted by atomic mass is 9.83. The molecule has 0 radical (unpaired) electrons. The van der Waals surface area contributed by atoms with Gasteiger partial charge in [-0.15, -0.1) is 0 Å². The minimum atomic E-state index is -6.90. The number of ether oxygens (including phenoxy) is 2.